The molecule has 9 heteroatoms. The number of nitrogens with one attached hydrogen (secondary N) is 1. The van der Waals surface area contributed by atoms with E-state index in [4.69, 9.17) is 13.9 Å². The van der Waals surface area contributed by atoms with Crippen molar-refractivity contribution < 1.29 is 32.7 Å². The third-order valence-electron chi connectivity index (χ3n) is 5.48. The minimum Gasteiger partial charge on any atom is -0.484 e. The van der Waals surface area contributed by atoms with Crippen LogP contribution in [0.5, 0.6) is 5.75 Å². The second-order valence-electron chi connectivity index (χ2n) is 7.84. The van der Waals surface area contributed by atoms with Gasteiger partial charge in [0.2, 0.25) is 0 Å². The fourth-order valence-corrected chi connectivity index (χ4v) is 3.71. The standard InChI is InChI=1S/C27H23FN2O6/c1-17-25(27(33)34-2)23(26(32)30(17)20-9-7-19(28)8-10-20)14-18-5-11-21(12-6-18)36-16-24(31)29-15-22-4-3-13-35-22/h3-14H,15-16H2,1-2H3,(H,29,31)/b23-14-. The van der Waals surface area contributed by atoms with Gasteiger partial charge >= 0.3 is 5.97 Å². The van der Waals surface area contributed by atoms with E-state index in [0.717, 1.165) is 0 Å². The van der Waals surface area contributed by atoms with Crippen LogP contribution in [0, 0.1) is 5.82 Å². The topological polar surface area (TPSA) is 98.1 Å². The molecule has 36 heavy (non-hydrogen) atoms. The molecule has 1 aliphatic heterocycles. The zero-order chi connectivity index (χ0) is 25.7. The van der Waals surface area contributed by atoms with Gasteiger partial charge in [-0.3, -0.25) is 14.5 Å². The third kappa shape index (κ3) is 5.35. The Bertz CT molecular complexity index is 1330. The number of furan rings is 1. The van der Waals surface area contributed by atoms with Crippen LogP contribution in [0.4, 0.5) is 10.1 Å². The summed E-state index contributed by atoms with van der Waals surface area (Å²) in [7, 11) is 1.24. The molecule has 0 aliphatic carbocycles. The van der Waals surface area contributed by atoms with Crippen LogP contribution in [0.1, 0.15) is 18.2 Å². The van der Waals surface area contributed by atoms with Crippen LogP contribution in [0.2, 0.25) is 0 Å². The smallest absolute Gasteiger partial charge is 0.340 e. The number of methoxy groups -OCH3 is 1. The summed E-state index contributed by atoms with van der Waals surface area (Å²) in [4.78, 5) is 39.1. The quantitative estimate of drug-likeness (QED) is 0.379. The SMILES string of the molecule is COC(=O)C1=C(C)N(c2ccc(F)cc2)C(=O)/C1=C\c1ccc(OCC(=O)NCc2ccco2)cc1. The molecular weight excluding hydrogens is 467 g/mol. The number of amides is 2. The number of anilines is 1. The predicted molar refractivity (Wildman–Crippen MR) is 129 cm³/mol. The van der Waals surface area contributed by atoms with Gasteiger partial charge in [-0.2, -0.15) is 0 Å². The molecule has 0 saturated carbocycles. The molecule has 2 heterocycles. The zero-order valence-electron chi connectivity index (χ0n) is 19.6. The van der Waals surface area contributed by atoms with E-state index >= 15 is 0 Å². The second kappa shape index (κ2) is 10.7. The molecule has 2 amide bonds. The van der Waals surface area contributed by atoms with Gasteiger partial charge in [0.05, 0.1) is 31.1 Å². The normalized spacial score (nSPS) is 14.4. The summed E-state index contributed by atoms with van der Waals surface area (Å²) in [5.41, 5.74) is 1.71. The molecule has 0 fully saturated rings. The molecule has 1 aromatic heterocycles. The lowest BCUT2D eigenvalue weighted by atomic mass is 10.0. The molecule has 8 nitrogen and oxygen atoms in total. The van der Waals surface area contributed by atoms with E-state index in [9.17, 15) is 18.8 Å². The Hall–Kier alpha value is -4.66. The van der Waals surface area contributed by atoms with Gasteiger partial charge in [0.15, 0.2) is 6.61 Å². The summed E-state index contributed by atoms with van der Waals surface area (Å²) in [5.74, 6) is -0.747. The summed E-state index contributed by atoms with van der Waals surface area (Å²) in [5, 5.41) is 2.69. The fourth-order valence-electron chi connectivity index (χ4n) is 3.71. The molecule has 184 valence electrons. The molecule has 2 aromatic carbocycles. The lowest BCUT2D eigenvalue weighted by Crippen LogP contribution is -2.28. The number of rotatable bonds is 8. The van der Waals surface area contributed by atoms with Crippen molar-refractivity contribution in [2.24, 2.45) is 0 Å². The van der Waals surface area contributed by atoms with Crippen molar-refractivity contribution in [2.45, 2.75) is 13.5 Å². The van der Waals surface area contributed by atoms with Crippen LogP contribution in [0.3, 0.4) is 0 Å². The summed E-state index contributed by atoms with van der Waals surface area (Å²) >= 11 is 0. The van der Waals surface area contributed by atoms with E-state index in [1.807, 2.05) is 0 Å². The predicted octanol–water partition coefficient (Wildman–Crippen LogP) is 3.99. The first-order valence-electron chi connectivity index (χ1n) is 11.0. The minimum absolute atomic E-state index is 0.125. The van der Waals surface area contributed by atoms with Crippen molar-refractivity contribution in [3.8, 4) is 5.75 Å². The molecule has 0 saturated heterocycles. The van der Waals surface area contributed by atoms with Crippen LogP contribution < -0.4 is 15.0 Å². The molecule has 1 N–H and O–H groups in total. The summed E-state index contributed by atoms with van der Waals surface area (Å²) in [6, 6.07) is 15.6. The van der Waals surface area contributed by atoms with Gasteiger partial charge in [0.25, 0.3) is 11.8 Å². The number of hydrogen-bond donors (Lipinski definition) is 1. The van der Waals surface area contributed by atoms with Crippen molar-refractivity contribution in [2.75, 3.05) is 18.6 Å². The number of benzene rings is 2. The van der Waals surface area contributed by atoms with Crippen molar-refractivity contribution in [3.63, 3.8) is 0 Å². The van der Waals surface area contributed by atoms with E-state index in [1.54, 1.807) is 49.4 Å². The summed E-state index contributed by atoms with van der Waals surface area (Å²) in [6.45, 7) is 1.71. The van der Waals surface area contributed by atoms with Crippen LogP contribution >= 0.6 is 0 Å². The molecule has 1 aliphatic rings. The number of carbonyl (C=O) groups excluding carboxylic acids is 3. The molecule has 0 spiro atoms. The molecule has 0 radical (unpaired) electrons. The Morgan fingerprint density at radius 3 is 2.44 bits per heavy atom. The van der Waals surface area contributed by atoms with Gasteiger partial charge in [-0.1, -0.05) is 12.1 Å². The maximum atomic E-state index is 13.4. The van der Waals surface area contributed by atoms with Gasteiger partial charge in [-0.25, -0.2) is 9.18 Å². The highest BCUT2D eigenvalue weighted by atomic mass is 19.1. The zero-order valence-corrected chi connectivity index (χ0v) is 19.6. The maximum Gasteiger partial charge on any atom is 0.340 e. The number of ether oxygens (including phenoxy) is 2. The largest absolute Gasteiger partial charge is 0.484 e. The summed E-state index contributed by atoms with van der Waals surface area (Å²) in [6.07, 6.45) is 3.10. The Balaban J connectivity index is 1.48. The van der Waals surface area contributed by atoms with Crippen LogP contribution in [0.15, 0.2) is 88.2 Å². The minimum atomic E-state index is -0.655. The Labute approximate surface area is 206 Å². The van der Waals surface area contributed by atoms with Crippen molar-refractivity contribution in [3.05, 3.63) is 101 Å². The average Bonchev–Trinajstić information content (AvgIpc) is 3.49. The first-order valence-corrected chi connectivity index (χ1v) is 11.0. The van der Waals surface area contributed by atoms with Gasteiger partial charge < -0.3 is 19.2 Å². The highest BCUT2D eigenvalue weighted by Crippen LogP contribution is 2.35. The van der Waals surface area contributed by atoms with E-state index in [-0.39, 0.29) is 30.2 Å². The lowest BCUT2D eigenvalue weighted by molar-refractivity contribution is -0.136. The Morgan fingerprint density at radius 2 is 1.81 bits per heavy atom. The molecular formula is C27H23FN2O6. The van der Waals surface area contributed by atoms with Crippen molar-refractivity contribution in [1.82, 2.24) is 5.32 Å². The highest BCUT2D eigenvalue weighted by Gasteiger charge is 2.37. The lowest BCUT2D eigenvalue weighted by Gasteiger charge is -2.17. The Morgan fingerprint density at radius 1 is 1.08 bits per heavy atom. The second-order valence-corrected chi connectivity index (χ2v) is 7.84. The molecule has 3 aromatic rings. The average molecular weight is 490 g/mol. The van der Waals surface area contributed by atoms with E-state index in [2.05, 4.69) is 5.32 Å². The van der Waals surface area contributed by atoms with Crippen molar-refractivity contribution in [1.29, 1.82) is 0 Å². The molecule has 4 rings (SSSR count). The van der Waals surface area contributed by atoms with Gasteiger partial charge in [-0.15, -0.1) is 0 Å². The summed E-state index contributed by atoms with van der Waals surface area (Å²) < 4.78 is 29.0. The Kier molecular flexibility index (Phi) is 7.29. The first-order chi connectivity index (χ1) is 17.4. The van der Waals surface area contributed by atoms with Crippen molar-refractivity contribution >= 4 is 29.5 Å². The van der Waals surface area contributed by atoms with Gasteiger partial charge in [0, 0.05) is 11.4 Å². The first kappa shape index (κ1) is 24.5. The van der Waals surface area contributed by atoms with Crippen LogP contribution in [-0.4, -0.2) is 31.5 Å². The van der Waals surface area contributed by atoms with Gasteiger partial charge in [0.1, 0.15) is 17.3 Å². The third-order valence-corrected chi connectivity index (χ3v) is 5.48. The molecule has 0 atom stereocenters. The number of nitrogens with zero attached hydrogens (tertiary/aromatic N) is 1. The maximum absolute atomic E-state index is 13.4. The number of allylic oxidation sites excluding steroid dienone is 1. The van der Waals surface area contributed by atoms with E-state index in [1.165, 1.54) is 42.5 Å². The van der Waals surface area contributed by atoms with Crippen LogP contribution in [-0.2, 0) is 25.7 Å². The fraction of sp³-hybridized carbons (Fsp3) is 0.148. The van der Waals surface area contributed by atoms with E-state index in [0.29, 0.717) is 28.5 Å². The van der Waals surface area contributed by atoms with Gasteiger partial charge in [-0.05, 0) is 67.1 Å². The molecule has 0 bridgehead atoms. The number of hydrogen-bond acceptors (Lipinski definition) is 6. The number of halogens is 1. The number of carbonyl (C=O) groups is 3. The monoisotopic (exact) mass is 490 g/mol. The highest BCUT2D eigenvalue weighted by molar-refractivity contribution is 6.23. The number of esters is 1. The van der Waals surface area contributed by atoms with E-state index < -0.39 is 17.7 Å². The van der Waals surface area contributed by atoms with Crippen LogP contribution in [0.25, 0.3) is 6.08 Å². The molecule has 0 unspecified atom stereocenters.